The smallest absolute Gasteiger partial charge is 0.251 e. The van der Waals surface area contributed by atoms with E-state index in [1.54, 1.807) is 12.1 Å². The molecule has 1 amide bonds. The Kier molecular flexibility index (Phi) is 4.79. The summed E-state index contributed by atoms with van der Waals surface area (Å²) in [4.78, 5) is 11.7. The number of carbonyl (C=O) groups is 1. The second-order valence-corrected chi connectivity index (χ2v) is 3.71. The molecule has 1 aromatic carbocycles. The van der Waals surface area contributed by atoms with Crippen molar-refractivity contribution in [3.05, 3.63) is 29.3 Å². The van der Waals surface area contributed by atoms with Crippen LogP contribution in [0.2, 0.25) is 0 Å². The first kappa shape index (κ1) is 12.5. The predicted octanol–water partition coefficient (Wildman–Crippen LogP) is 1.04. The van der Waals surface area contributed by atoms with E-state index >= 15 is 0 Å². The molecule has 3 N–H and O–H groups in total. The van der Waals surface area contributed by atoms with Gasteiger partial charge in [0.25, 0.3) is 5.91 Å². The highest BCUT2D eigenvalue weighted by Gasteiger charge is 2.08. The quantitative estimate of drug-likeness (QED) is 0.652. The van der Waals surface area contributed by atoms with Crippen molar-refractivity contribution in [2.75, 3.05) is 20.1 Å². The normalized spacial score (nSPS) is 10.1. The van der Waals surface area contributed by atoms with Gasteiger partial charge in [0.2, 0.25) is 0 Å². The largest absolute Gasteiger partial charge is 0.508 e. The summed E-state index contributed by atoms with van der Waals surface area (Å²) < 4.78 is 0. The highest BCUT2D eigenvalue weighted by Crippen LogP contribution is 2.15. The van der Waals surface area contributed by atoms with E-state index in [0.29, 0.717) is 12.1 Å². The monoisotopic (exact) mass is 222 g/mol. The predicted molar refractivity (Wildman–Crippen MR) is 63.7 cm³/mol. The van der Waals surface area contributed by atoms with E-state index in [9.17, 15) is 9.90 Å². The molecule has 88 valence electrons. The minimum Gasteiger partial charge on any atom is -0.508 e. The van der Waals surface area contributed by atoms with Crippen LogP contribution in [0.15, 0.2) is 18.2 Å². The molecule has 0 fully saturated rings. The Hall–Kier alpha value is -1.55. The van der Waals surface area contributed by atoms with E-state index in [1.165, 1.54) is 6.07 Å². The maximum atomic E-state index is 11.7. The molecule has 0 aliphatic rings. The minimum absolute atomic E-state index is 0.0893. The fourth-order valence-electron chi connectivity index (χ4n) is 1.46. The summed E-state index contributed by atoms with van der Waals surface area (Å²) in [6, 6.07) is 4.75. The molecule has 0 aliphatic heterocycles. The number of rotatable bonds is 5. The second kappa shape index (κ2) is 6.12. The lowest BCUT2D eigenvalue weighted by atomic mass is 10.1. The van der Waals surface area contributed by atoms with Gasteiger partial charge in [0, 0.05) is 12.1 Å². The summed E-state index contributed by atoms with van der Waals surface area (Å²) in [7, 11) is 1.88. The number of benzene rings is 1. The molecule has 1 rings (SSSR count). The summed E-state index contributed by atoms with van der Waals surface area (Å²) in [5.41, 5.74) is 1.40. The molecule has 0 heterocycles. The fourth-order valence-corrected chi connectivity index (χ4v) is 1.46. The van der Waals surface area contributed by atoms with Gasteiger partial charge in [-0.1, -0.05) is 0 Å². The third-order valence-electron chi connectivity index (χ3n) is 2.34. The highest BCUT2D eigenvalue weighted by molar-refractivity contribution is 5.95. The van der Waals surface area contributed by atoms with Gasteiger partial charge in [-0.25, -0.2) is 0 Å². The molecule has 0 aliphatic carbocycles. The first-order valence-electron chi connectivity index (χ1n) is 5.37. The van der Waals surface area contributed by atoms with Crippen LogP contribution in [0, 0.1) is 6.92 Å². The average molecular weight is 222 g/mol. The standard InChI is InChI=1S/C12H18N2O2/c1-9-8-10(15)4-5-11(9)12(16)14-7-3-6-13-2/h4-5,8,13,15H,3,6-7H2,1-2H3,(H,14,16). The van der Waals surface area contributed by atoms with Crippen LogP contribution in [0.25, 0.3) is 0 Å². The Morgan fingerprint density at radius 3 is 2.75 bits per heavy atom. The molecule has 1 aromatic rings. The topological polar surface area (TPSA) is 61.4 Å². The number of aromatic hydroxyl groups is 1. The average Bonchev–Trinajstić information content (AvgIpc) is 2.24. The Morgan fingerprint density at radius 2 is 2.12 bits per heavy atom. The van der Waals surface area contributed by atoms with Gasteiger partial charge in [0.15, 0.2) is 0 Å². The molecule has 0 atom stereocenters. The summed E-state index contributed by atoms with van der Waals surface area (Å²) in [5, 5.41) is 15.1. The first-order valence-corrected chi connectivity index (χ1v) is 5.37. The number of hydrogen-bond donors (Lipinski definition) is 3. The van der Waals surface area contributed by atoms with Crippen molar-refractivity contribution in [2.24, 2.45) is 0 Å². The van der Waals surface area contributed by atoms with Crippen molar-refractivity contribution < 1.29 is 9.90 Å². The van der Waals surface area contributed by atoms with Gasteiger partial charge >= 0.3 is 0 Å². The van der Waals surface area contributed by atoms with Crippen molar-refractivity contribution in [3.8, 4) is 5.75 Å². The summed E-state index contributed by atoms with van der Waals surface area (Å²) in [5.74, 6) is 0.0952. The maximum Gasteiger partial charge on any atom is 0.251 e. The van der Waals surface area contributed by atoms with Gasteiger partial charge in [-0.15, -0.1) is 0 Å². The molecule has 4 heteroatoms. The zero-order chi connectivity index (χ0) is 12.0. The molecular formula is C12H18N2O2. The molecular weight excluding hydrogens is 204 g/mol. The SMILES string of the molecule is CNCCCNC(=O)c1ccc(O)cc1C. The molecule has 0 bridgehead atoms. The van der Waals surface area contributed by atoms with Crippen molar-refractivity contribution in [2.45, 2.75) is 13.3 Å². The number of phenols is 1. The van der Waals surface area contributed by atoms with Gasteiger partial charge in [0.1, 0.15) is 5.75 Å². The van der Waals surface area contributed by atoms with Crippen LogP contribution in [-0.2, 0) is 0 Å². The van der Waals surface area contributed by atoms with Crippen LogP contribution in [0.3, 0.4) is 0 Å². The second-order valence-electron chi connectivity index (χ2n) is 3.71. The van der Waals surface area contributed by atoms with Crippen LogP contribution < -0.4 is 10.6 Å². The summed E-state index contributed by atoms with van der Waals surface area (Å²) in [6.45, 7) is 3.34. The zero-order valence-corrected chi connectivity index (χ0v) is 9.71. The molecule has 0 saturated carbocycles. The van der Waals surface area contributed by atoms with Crippen molar-refractivity contribution in [1.82, 2.24) is 10.6 Å². The molecule has 0 saturated heterocycles. The van der Waals surface area contributed by atoms with Crippen LogP contribution in [0.4, 0.5) is 0 Å². The van der Waals surface area contributed by atoms with Crippen LogP contribution in [0.1, 0.15) is 22.3 Å². The highest BCUT2D eigenvalue weighted by atomic mass is 16.3. The number of amides is 1. The van der Waals surface area contributed by atoms with Gasteiger partial charge < -0.3 is 15.7 Å². The Morgan fingerprint density at radius 1 is 1.38 bits per heavy atom. The lowest BCUT2D eigenvalue weighted by Crippen LogP contribution is -2.27. The number of nitrogens with one attached hydrogen (secondary N) is 2. The van der Waals surface area contributed by atoms with Crippen LogP contribution >= 0.6 is 0 Å². The number of aryl methyl sites for hydroxylation is 1. The fraction of sp³-hybridized carbons (Fsp3) is 0.417. The maximum absolute atomic E-state index is 11.7. The van der Waals surface area contributed by atoms with Crippen molar-refractivity contribution in [1.29, 1.82) is 0 Å². The van der Waals surface area contributed by atoms with Crippen LogP contribution in [0.5, 0.6) is 5.75 Å². The first-order chi connectivity index (χ1) is 7.65. The van der Waals surface area contributed by atoms with Gasteiger partial charge in [-0.2, -0.15) is 0 Å². The van der Waals surface area contributed by atoms with Crippen molar-refractivity contribution >= 4 is 5.91 Å². The Balaban J connectivity index is 2.53. The molecule has 0 spiro atoms. The van der Waals surface area contributed by atoms with E-state index in [4.69, 9.17) is 0 Å². The number of carbonyl (C=O) groups excluding carboxylic acids is 1. The van der Waals surface area contributed by atoms with Crippen molar-refractivity contribution in [3.63, 3.8) is 0 Å². The van der Waals surface area contributed by atoms with Gasteiger partial charge in [0.05, 0.1) is 0 Å². The lowest BCUT2D eigenvalue weighted by Gasteiger charge is -2.07. The Bertz CT molecular complexity index is 364. The van der Waals surface area contributed by atoms with E-state index in [0.717, 1.165) is 18.5 Å². The van der Waals surface area contributed by atoms with E-state index < -0.39 is 0 Å². The molecule has 16 heavy (non-hydrogen) atoms. The van der Waals surface area contributed by atoms with E-state index in [-0.39, 0.29) is 11.7 Å². The molecule has 0 aromatic heterocycles. The van der Waals surface area contributed by atoms with E-state index in [2.05, 4.69) is 10.6 Å². The summed E-state index contributed by atoms with van der Waals surface area (Å²) in [6.07, 6.45) is 0.902. The third kappa shape index (κ3) is 3.55. The Labute approximate surface area is 95.7 Å². The lowest BCUT2D eigenvalue weighted by molar-refractivity contribution is 0.0952. The summed E-state index contributed by atoms with van der Waals surface area (Å²) >= 11 is 0. The van der Waals surface area contributed by atoms with Gasteiger partial charge in [-0.3, -0.25) is 4.79 Å². The number of phenolic OH excluding ortho intramolecular Hbond substituents is 1. The van der Waals surface area contributed by atoms with Crippen LogP contribution in [-0.4, -0.2) is 31.2 Å². The minimum atomic E-state index is -0.0893. The molecule has 0 unspecified atom stereocenters. The molecule has 0 radical (unpaired) electrons. The van der Waals surface area contributed by atoms with Gasteiger partial charge in [-0.05, 0) is 50.7 Å². The molecule has 4 nitrogen and oxygen atoms in total. The zero-order valence-electron chi connectivity index (χ0n) is 9.71. The van der Waals surface area contributed by atoms with E-state index in [1.807, 2.05) is 14.0 Å². The third-order valence-corrected chi connectivity index (χ3v) is 2.34. The number of hydrogen-bond acceptors (Lipinski definition) is 3.